The first-order chi connectivity index (χ1) is 14.4. The van der Waals surface area contributed by atoms with E-state index >= 15 is 0 Å². The van der Waals surface area contributed by atoms with Crippen LogP contribution in [0, 0.1) is 18.3 Å². The van der Waals surface area contributed by atoms with Crippen molar-refractivity contribution in [2.24, 2.45) is 11.3 Å². The number of benzene rings is 1. The molecule has 0 unspecified atom stereocenters. The Kier molecular flexibility index (Phi) is 5.67. The van der Waals surface area contributed by atoms with Gasteiger partial charge in [0.2, 0.25) is 11.8 Å². The maximum atomic E-state index is 13.3. The summed E-state index contributed by atoms with van der Waals surface area (Å²) in [6, 6.07) is 10.1. The Morgan fingerprint density at radius 2 is 1.93 bits per heavy atom. The van der Waals surface area contributed by atoms with Crippen molar-refractivity contribution in [2.45, 2.75) is 45.4 Å². The van der Waals surface area contributed by atoms with Gasteiger partial charge in [-0.1, -0.05) is 41.4 Å². The molecule has 2 heterocycles. The molecule has 2 aromatic rings. The first-order valence-corrected chi connectivity index (χ1v) is 10.9. The number of carbonyl (C=O) groups excluding carboxylic acids is 2. The fraction of sp³-hybridized carbons (Fsp3) is 0.542. The standard InChI is InChI=1S/C24H31N3O3/c1-17-8-10-18(11-9-17)21-14-20(30-25-21)15-24(23(29)26(2)3)12-5-13-27(16-24)22(28)19-6-4-7-19/h8-11,14,19H,4-7,12-13,15-16H2,1-3H3/t24-/m0/s1. The van der Waals surface area contributed by atoms with Gasteiger partial charge in [0.1, 0.15) is 11.5 Å². The van der Waals surface area contributed by atoms with Crippen molar-refractivity contribution in [3.63, 3.8) is 0 Å². The van der Waals surface area contributed by atoms with Gasteiger partial charge in [-0.25, -0.2) is 0 Å². The van der Waals surface area contributed by atoms with Crippen LogP contribution < -0.4 is 0 Å². The lowest BCUT2D eigenvalue weighted by Gasteiger charge is -2.44. The summed E-state index contributed by atoms with van der Waals surface area (Å²) >= 11 is 0. The molecule has 1 aromatic carbocycles. The monoisotopic (exact) mass is 409 g/mol. The number of amides is 2. The molecule has 1 aliphatic carbocycles. The molecule has 160 valence electrons. The summed E-state index contributed by atoms with van der Waals surface area (Å²) in [5, 5.41) is 4.24. The van der Waals surface area contributed by atoms with Gasteiger partial charge in [-0.2, -0.15) is 0 Å². The SMILES string of the molecule is Cc1ccc(-c2cc(C[C@@]3(C(=O)N(C)C)CCCN(C(=O)C4CCC4)C3)on2)cc1. The van der Waals surface area contributed by atoms with Crippen LogP contribution in [0.4, 0.5) is 0 Å². The zero-order valence-corrected chi connectivity index (χ0v) is 18.2. The van der Waals surface area contributed by atoms with E-state index in [9.17, 15) is 9.59 Å². The summed E-state index contributed by atoms with van der Waals surface area (Å²) < 4.78 is 5.66. The molecule has 2 aliphatic rings. The predicted molar refractivity (Wildman–Crippen MR) is 115 cm³/mol. The van der Waals surface area contributed by atoms with Gasteiger partial charge in [0.05, 0.1) is 5.41 Å². The highest BCUT2D eigenvalue weighted by atomic mass is 16.5. The summed E-state index contributed by atoms with van der Waals surface area (Å²) in [5.41, 5.74) is 2.30. The first-order valence-electron chi connectivity index (χ1n) is 10.9. The molecule has 1 aromatic heterocycles. The Hall–Kier alpha value is -2.63. The molecule has 1 atom stereocenters. The zero-order chi connectivity index (χ0) is 21.3. The summed E-state index contributed by atoms with van der Waals surface area (Å²) in [6.45, 7) is 3.25. The molecule has 1 aliphatic heterocycles. The number of nitrogens with zero attached hydrogens (tertiary/aromatic N) is 3. The lowest BCUT2D eigenvalue weighted by Crippen LogP contribution is -2.55. The Morgan fingerprint density at radius 3 is 2.57 bits per heavy atom. The van der Waals surface area contributed by atoms with Crippen LogP contribution in [0.5, 0.6) is 0 Å². The number of piperidine rings is 1. The Bertz CT molecular complexity index is 914. The van der Waals surface area contributed by atoms with Crippen LogP contribution in [0.1, 0.15) is 43.4 Å². The molecule has 1 saturated heterocycles. The van der Waals surface area contributed by atoms with Crippen LogP contribution in [0.25, 0.3) is 11.3 Å². The molecule has 0 spiro atoms. The minimum Gasteiger partial charge on any atom is -0.361 e. The molecule has 6 nitrogen and oxygen atoms in total. The van der Waals surface area contributed by atoms with E-state index in [1.165, 1.54) is 5.56 Å². The second kappa shape index (κ2) is 8.25. The van der Waals surface area contributed by atoms with E-state index in [-0.39, 0.29) is 17.7 Å². The van der Waals surface area contributed by atoms with Crippen molar-refractivity contribution < 1.29 is 14.1 Å². The van der Waals surface area contributed by atoms with Crippen molar-refractivity contribution in [3.05, 3.63) is 41.7 Å². The van der Waals surface area contributed by atoms with Crippen molar-refractivity contribution in [3.8, 4) is 11.3 Å². The average molecular weight is 410 g/mol. The van der Waals surface area contributed by atoms with E-state index in [1.807, 2.05) is 42.2 Å². The van der Waals surface area contributed by atoms with Crippen molar-refractivity contribution in [1.29, 1.82) is 0 Å². The van der Waals surface area contributed by atoms with E-state index < -0.39 is 5.41 Å². The summed E-state index contributed by atoms with van der Waals surface area (Å²) in [4.78, 5) is 29.8. The molecular formula is C24H31N3O3. The Labute approximate surface area is 178 Å². The fourth-order valence-corrected chi connectivity index (χ4v) is 4.69. The topological polar surface area (TPSA) is 66.7 Å². The number of carbonyl (C=O) groups is 2. The fourth-order valence-electron chi connectivity index (χ4n) is 4.69. The molecule has 2 fully saturated rings. The number of hydrogen-bond donors (Lipinski definition) is 0. The van der Waals surface area contributed by atoms with Gasteiger partial charge in [-0.3, -0.25) is 9.59 Å². The van der Waals surface area contributed by atoms with Gasteiger partial charge in [0, 0.05) is 51.2 Å². The predicted octanol–water partition coefficient (Wildman–Crippen LogP) is 3.69. The summed E-state index contributed by atoms with van der Waals surface area (Å²) in [7, 11) is 3.57. The van der Waals surface area contributed by atoms with Crippen LogP contribution in [-0.4, -0.2) is 54.0 Å². The molecule has 4 rings (SSSR count). The van der Waals surface area contributed by atoms with Crippen LogP contribution in [-0.2, 0) is 16.0 Å². The first kappa shape index (κ1) is 20.6. The highest BCUT2D eigenvalue weighted by Gasteiger charge is 2.46. The van der Waals surface area contributed by atoms with E-state index in [1.54, 1.807) is 19.0 Å². The average Bonchev–Trinajstić information content (AvgIpc) is 3.14. The molecule has 1 saturated carbocycles. The van der Waals surface area contributed by atoms with Crippen LogP contribution in [0.3, 0.4) is 0 Å². The number of aromatic nitrogens is 1. The van der Waals surface area contributed by atoms with Crippen molar-refractivity contribution in [2.75, 3.05) is 27.2 Å². The van der Waals surface area contributed by atoms with Crippen molar-refractivity contribution >= 4 is 11.8 Å². The molecule has 0 radical (unpaired) electrons. The lowest BCUT2D eigenvalue weighted by atomic mass is 9.74. The van der Waals surface area contributed by atoms with Gasteiger partial charge >= 0.3 is 0 Å². The molecule has 0 N–H and O–H groups in total. The quantitative estimate of drug-likeness (QED) is 0.755. The minimum atomic E-state index is -0.661. The van der Waals surface area contributed by atoms with Gasteiger partial charge in [0.15, 0.2) is 0 Å². The highest BCUT2D eigenvalue weighted by molar-refractivity contribution is 5.85. The normalized spacial score (nSPS) is 21.9. The highest BCUT2D eigenvalue weighted by Crippen LogP contribution is 2.38. The van der Waals surface area contributed by atoms with E-state index in [4.69, 9.17) is 4.52 Å². The van der Waals surface area contributed by atoms with E-state index in [0.29, 0.717) is 18.7 Å². The zero-order valence-electron chi connectivity index (χ0n) is 18.2. The third-order valence-electron chi connectivity index (χ3n) is 6.62. The maximum absolute atomic E-state index is 13.3. The number of hydrogen-bond acceptors (Lipinski definition) is 4. The molecule has 0 bridgehead atoms. The Morgan fingerprint density at radius 1 is 1.20 bits per heavy atom. The molecular weight excluding hydrogens is 378 g/mol. The minimum absolute atomic E-state index is 0.0573. The largest absolute Gasteiger partial charge is 0.361 e. The Balaban J connectivity index is 1.57. The van der Waals surface area contributed by atoms with Crippen LogP contribution in [0.2, 0.25) is 0 Å². The van der Waals surface area contributed by atoms with Crippen molar-refractivity contribution in [1.82, 2.24) is 15.0 Å². The second-order valence-electron chi connectivity index (χ2n) is 9.19. The molecule has 30 heavy (non-hydrogen) atoms. The number of aryl methyl sites for hydroxylation is 1. The second-order valence-corrected chi connectivity index (χ2v) is 9.19. The summed E-state index contributed by atoms with van der Waals surface area (Å²) in [5.74, 6) is 1.11. The van der Waals surface area contributed by atoms with Gasteiger partial charge in [-0.05, 0) is 32.6 Å². The van der Waals surface area contributed by atoms with E-state index in [2.05, 4.69) is 5.16 Å². The molecule has 2 amide bonds. The van der Waals surface area contributed by atoms with Crippen LogP contribution >= 0.6 is 0 Å². The lowest BCUT2D eigenvalue weighted by molar-refractivity contribution is -0.150. The maximum Gasteiger partial charge on any atom is 0.230 e. The smallest absolute Gasteiger partial charge is 0.230 e. The van der Waals surface area contributed by atoms with Gasteiger partial charge < -0.3 is 14.3 Å². The summed E-state index contributed by atoms with van der Waals surface area (Å²) in [6.07, 6.45) is 5.12. The molecule has 6 heteroatoms. The van der Waals surface area contributed by atoms with Gasteiger partial charge in [0.25, 0.3) is 0 Å². The van der Waals surface area contributed by atoms with Gasteiger partial charge in [-0.15, -0.1) is 0 Å². The van der Waals surface area contributed by atoms with E-state index in [0.717, 1.165) is 49.9 Å². The third-order valence-corrected chi connectivity index (χ3v) is 6.62. The number of rotatable bonds is 5. The number of likely N-dealkylation sites (tertiary alicyclic amines) is 1. The van der Waals surface area contributed by atoms with Crippen LogP contribution in [0.15, 0.2) is 34.9 Å². The third kappa shape index (κ3) is 4.00.